The van der Waals surface area contributed by atoms with E-state index >= 15 is 0 Å². The summed E-state index contributed by atoms with van der Waals surface area (Å²) in [5.74, 6) is 0.0344. The van der Waals surface area contributed by atoms with E-state index in [1.807, 2.05) is 36.4 Å². The highest BCUT2D eigenvalue weighted by atomic mass is 16.2. The predicted molar refractivity (Wildman–Crippen MR) is 75.7 cm³/mol. The van der Waals surface area contributed by atoms with Crippen LogP contribution in [0.2, 0.25) is 0 Å². The van der Waals surface area contributed by atoms with Crippen LogP contribution in [0.15, 0.2) is 48.8 Å². The molecule has 0 aliphatic rings. The second-order valence-electron chi connectivity index (χ2n) is 4.31. The Labute approximate surface area is 112 Å². The molecule has 0 saturated carbocycles. The number of rotatable bonds is 4. The molecule has 2 rings (SSSR count). The molecule has 0 saturated heterocycles. The van der Waals surface area contributed by atoms with E-state index in [1.165, 1.54) is 0 Å². The van der Waals surface area contributed by atoms with E-state index in [0.717, 1.165) is 16.8 Å². The van der Waals surface area contributed by atoms with Gasteiger partial charge in [-0.25, -0.2) is 0 Å². The van der Waals surface area contributed by atoms with Crippen LogP contribution >= 0.6 is 0 Å². The van der Waals surface area contributed by atoms with Crippen LogP contribution in [0.4, 0.5) is 5.69 Å². The monoisotopic (exact) mass is 255 g/mol. The van der Waals surface area contributed by atoms with Crippen LogP contribution in [0, 0.1) is 0 Å². The molecule has 1 amide bonds. The zero-order valence-corrected chi connectivity index (χ0v) is 10.9. The van der Waals surface area contributed by atoms with Crippen molar-refractivity contribution in [2.24, 2.45) is 5.73 Å². The number of nitrogens with two attached hydrogens (primary N) is 1. The first-order valence-corrected chi connectivity index (χ1v) is 6.16. The minimum absolute atomic E-state index is 0.0344. The third kappa shape index (κ3) is 3.17. The van der Waals surface area contributed by atoms with Crippen molar-refractivity contribution >= 4 is 11.6 Å². The highest BCUT2D eigenvalue weighted by Crippen LogP contribution is 2.14. The smallest absolute Gasteiger partial charge is 0.231 e. The zero-order chi connectivity index (χ0) is 13.7. The molecule has 0 aliphatic carbocycles. The number of hydrogen-bond acceptors (Lipinski definition) is 3. The summed E-state index contributed by atoms with van der Waals surface area (Å²) in [7, 11) is 1.77. The van der Waals surface area contributed by atoms with Gasteiger partial charge in [-0.05, 0) is 23.3 Å². The summed E-state index contributed by atoms with van der Waals surface area (Å²) in [6.07, 6.45) is 3.70. The fourth-order valence-corrected chi connectivity index (χ4v) is 1.92. The van der Waals surface area contributed by atoms with Crippen molar-refractivity contribution in [1.29, 1.82) is 0 Å². The number of benzene rings is 1. The summed E-state index contributed by atoms with van der Waals surface area (Å²) in [5.41, 5.74) is 8.51. The van der Waals surface area contributed by atoms with Crippen LogP contribution in [0.25, 0.3) is 0 Å². The molecule has 0 unspecified atom stereocenters. The molecule has 0 fully saturated rings. The average molecular weight is 255 g/mol. The molecule has 1 heterocycles. The van der Waals surface area contributed by atoms with Gasteiger partial charge in [0.15, 0.2) is 0 Å². The summed E-state index contributed by atoms with van der Waals surface area (Å²) in [5, 5.41) is 0. The molecule has 0 atom stereocenters. The molecule has 0 bridgehead atoms. The fourth-order valence-electron chi connectivity index (χ4n) is 1.92. The zero-order valence-electron chi connectivity index (χ0n) is 10.9. The van der Waals surface area contributed by atoms with Crippen molar-refractivity contribution in [3.63, 3.8) is 0 Å². The maximum Gasteiger partial charge on any atom is 0.231 e. The number of hydrogen-bond donors (Lipinski definition) is 1. The molecule has 2 aromatic rings. The van der Waals surface area contributed by atoms with Gasteiger partial charge in [0.25, 0.3) is 0 Å². The third-order valence-electron chi connectivity index (χ3n) is 3.10. The van der Waals surface area contributed by atoms with Gasteiger partial charge in [0.1, 0.15) is 0 Å². The number of carbonyl (C=O) groups excluding carboxylic acids is 1. The number of aromatic nitrogens is 1. The lowest BCUT2D eigenvalue weighted by molar-refractivity contribution is -0.117. The summed E-state index contributed by atoms with van der Waals surface area (Å²) in [4.78, 5) is 17.8. The average Bonchev–Trinajstić information content (AvgIpc) is 2.48. The number of anilines is 1. The SMILES string of the molecule is CN(C(=O)Cc1ccccc1CN)c1ccncc1. The summed E-state index contributed by atoms with van der Waals surface area (Å²) >= 11 is 0. The molecule has 4 nitrogen and oxygen atoms in total. The summed E-state index contributed by atoms with van der Waals surface area (Å²) in [6, 6.07) is 11.4. The lowest BCUT2D eigenvalue weighted by atomic mass is 10.0. The minimum Gasteiger partial charge on any atom is -0.326 e. The summed E-state index contributed by atoms with van der Waals surface area (Å²) in [6.45, 7) is 0.447. The molecular formula is C15H17N3O. The van der Waals surface area contributed by atoms with Crippen LogP contribution in [0.5, 0.6) is 0 Å². The molecule has 1 aromatic heterocycles. The van der Waals surface area contributed by atoms with Gasteiger partial charge < -0.3 is 10.6 Å². The van der Waals surface area contributed by atoms with Gasteiger partial charge in [0.2, 0.25) is 5.91 Å². The van der Waals surface area contributed by atoms with Gasteiger partial charge in [-0.15, -0.1) is 0 Å². The number of pyridine rings is 1. The molecule has 4 heteroatoms. The van der Waals surface area contributed by atoms with Gasteiger partial charge in [-0.1, -0.05) is 24.3 Å². The molecule has 2 N–H and O–H groups in total. The van der Waals surface area contributed by atoms with Crippen molar-refractivity contribution in [3.8, 4) is 0 Å². The number of amides is 1. The molecule has 0 radical (unpaired) electrons. The highest BCUT2D eigenvalue weighted by Gasteiger charge is 2.13. The summed E-state index contributed by atoms with van der Waals surface area (Å²) < 4.78 is 0. The number of carbonyl (C=O) groups is 1. The Morgan fingerprint density at radius 3 is 2.42 bits per heavy atom. The van der Waals surface area contributed by atoms with Crippen LogP contribution in [-0.4, -0.2) is 17.9 Å². The van der Waals surface area contributed by atoms with Gasteiger partial charge >= 0.3 is 0 Å². The van der Waals surface area contributed by atoms with Crippen LogP contribution in [0.1, 0.15) is 11.1 Å². The minimum atomic E-state index is 0.0344. The van der Waals surface area contributed by atoms with Gasteiger partial charge in [-0.3, -0.25) is 9.78 Å². The normalized spacial score (nSPS) is 10.2. The van der Waals surface area contributed by atoms with Crippen LogP contribution in [0.3, 0.4) is 0 Å². The Bertz CT molecular complexity index is 554. The third-order valence-corrected chi connectivity index (χ3v) is 3.10. The Morgan fingerprint density at radius 1 is 1.16 bits per heavy atom. The van der Waals surface area contributed by atoms with E-state index in [-0.39, 0.29) is 5.91 Å². The maximum atomic E-state index is 12.2. The van der Waals surface area contributed by atoms with Crippen LogP contribution < -0.4 is 10.6 Å². The topological polar surface area (TPSA) is 59.2 Å². The lowest BCUT2D eigenvalue weighted by Gasteiger charge is -2.18. The van der Waals surface area contributed by atoms with Gasteiger partial charge in [0.05, 0.1) is 6.42 Å². The molecule has 0 spiro atoms. The van der Waals surface area contributed by atoms with E-state index in [2.05, 4.69) is 4.98 Å². The Hall–Kier alpha value is -2.20. The predicted octanol–water partition coefficient (Wildman–Crippen LogP) is 1.75. The maximum absolute atomic E-state index is 12.2. The first kappa shape index (κ1) is 13.2. The van der Waals surface area contributed by atoms with E-state index in [4.69, 9.17) is 5.73 Å². The Kier molecular flexibility index (Phi) is 4.26. The van der Waals surface area contributed by atoms with Crippen molar-refractivity contribution in [3.05, 3.63) is 59.9 Å². The second-order valence-corrected chi connectivity index (χ2v) is 4.31. The largest absolute Gasteiger partial charge is 0.326 e. The van der Waals surface area contributed by atoms with E-state index in [9.17, 15) is 4.79 Å². The Morgan fingerprint density at radius 2 is 1.79 bits per heavy atom. The van der Waals surface area contributed by atoms with Crippen molar-refractivity contribution in [2.75, 3.05) is 11.9 Å². The second kappa shape index (κ2) is 6.11. The number of likely N-dealkylation sites (N-methyl/N-ethyl adjacent to an activating group) is 1. The quantitative estimate of drug-likeness (QED) is 0.905. The van der Waals surface area contributed by atoms with Crippen molar-refractivity contribution < 1.29 is 4.79 Å². The molecule has 0 aliphatic heterocycles. The first-order valence-electron chi connectivity index (χ1n) is 6.16. The van der Waals surface area contributed by atoms with Gasteiger partial charge in [-0.2, -0.15) is 0 Å². The number of nitrogens with zero attached hydrogens (tertiary/aromatic N) is 2. The standard InChI is InChI=1S/C15H17N3O/c1-18(14-6-8-17-9-7-14)15(19)10-12-4-2-3-5-13(12)11-16/h2-9H,10-11,16H2,1H3. The van der Waals surface area contributed by atoms with Gasteiger partial charge in [0, 0.05) is 31.7 Å². The fraction of sp³-hybridized carbons (Fsp3) is 0.200. The molecular weight excluding hydrogens is 238 g/mol. The highest BCUT2D eigenvalue weighted by molar-refractivity contribution is 5.94. The van der Waals surface area contributed by atoms with E-state index < -0.39 is 0 Å². The Balaban J connectivity index is 2.13. The first-order chi connectivity index (χ1) is 9.22. The van der Waals surface area contributed by atoms with E-state index in [1.54, 1.807) is 24.3 Å². The van der Waals surface area contributed by atoms with Crippen molar-refractivity contribution in [2.45, 2.75) is 13.0 Å². The molecule has 98 valence electrons. The lowest BCUT2D eigenvalue weighted by Crippen LogP contribution is -2.28. The molecule has 1 aromatic carbocycles. The van der Waals surface area contributed by atoms with Crippen LogP contribution in [-0.2, 0) is 17.8 Å². The van der Waals surface area contributed by atoms with E-state index in [0.29, 0.717) is 13.0 Å². The van der Waals surface area contributed by atoms with Crippen molar-refractivity contribution in [1.82, 2.24) is 4.98 Å². The molecule has 19 heavy (non-hydrogen) atoms.